The number of nitrogens with zero attached hydrogens (tertiary/aromatic N) is 1. The standard InChI is InChI=1S/C28H25ClN2O5/c1-3-35-25-15-20(13-23(16-30)27(32)31-18(2)21-9-5-4-6-10-21)14-24(29)26(25)36-17-19-8-7-11-22(12-19)28(33)34/h4-15,18H,3,17H2,1-2H3,(H,31,32)(H,33,34)/b23-13-/t18-/m1/s1. The van der Waals surface area contributed by atoms with E-state index in [1.54, 1.807) is 31.2 Å². The third-order valence-corrected chi connectivity index (χ3v) is 5.49. The molecule has 3 aromatic rings. The van der Waals surface area contributed by atoms with Crippen LogP contribution in [-0.2, 0) is 11.4 Å². The van der Waals surface area contributed by atoms with Crippen LogP contribution in [0.1, 0.15) is 46.9 Å². The fourth-order valence-electron chi connectivity index (χ4n) is 3.44. The number of ether oxygens (including phenoxy) is 2. The molecule has 1 amide bonds. The molecule has 3 aromatic carbocycles. The second-order valence-electron chi connectivity index (χ2n) is 7.83. The number of hydrogen-bond acceptors (Lipinski definition) is 5. The summed E-state index contributed by atoms with van der Waals surface area (Å²) < 4.78 is 11.6. The molecule has 0 heterocycles. The van der Waals surface area contributed by atoms with E-state index < -0.39 is 11.9 Å². The van der Waals surface area contributed by atoms with Gasteiger partial charge in [-0.3, -0.25) is 4.79 Å². The molecule has 3 rings (SSSR count). The lowest BCUT2D eigenvalue weighted by molar-refractivity contribution is -0.117. The maximum Gasteiger partial charge on any atom is 0.335 e. The van der Waals surface area contributed by atoms with Crippen LogP contribution in [0, 0.1) is 11.3 Å². The van der Waals surface area contributed by atoms with Crippen molar-refractivity contribution in [3.8, 4) is 17.6 Å². The van der Waals surface area contributed by atoms with Gasteiger partial charge in [-0.2, -0.15) is 5.26 Å². The van der Waals surface area contributed by atoms with E-state index in [-0.39, 0.29) is 34.6 Å². The van der Waals surface area contributed by atoms with Gasteiger partial charge in [-0.15, -0.1) is 0 Å². The normalized spacial score (nSPS) is 11.8. The van der Waals surface area contributed by atoms with Crippen LogP contribution in [0.4, 0.5) is 0 Å². The van der Waals surface area contributed by atoms with E-state index >= 15 is 0 Å². The molecule has 8 heteroatoms. The minimum Gasteiger partial charge on any atom is -0.490 e. The van der Waals surface area contributed by atoms with Crippen LogP contribution in [0.25, 0.3) is 6.08 Å². The third kappa shape index (κ3) is 6.87. The van der Waals surface area contributed by atoms with Gasteiger partial charge in [0.05, 0.1) is 23.2 Å². The summed E-state index contributed by atoms with van der Waals surface area (Å²) >= 11 is 6.48. The number of carboxylic acids is 1. The van der Waals surface area contributed by atoms with Crippen LogP contribution in [-0.4, -0.2) is 23.6 Å². The summed E-state index contributed by atoms with van der Waals surface area (Å²) in [5.74, 6) is -0.934. The summed E-state index contributed by atoms with van der Waals surface area (Å²) in [5.41, 5.74) is 2.11. The van der Waals surface area contributed by atoms with Gasteiger partial charge in [-0.25, -0.2) is 4.79 Å². The van der Waals surface area contributed by atoms with Crippen LogP contribution in [0.15, 0.2) is 72.3 Å². The first-order valence-electron chi connectivity index (χ1n) is 11.2. The highest BCUT2D eigenvalue weighted by Crippen LogP contribution is 2.38. The van der Waals surface area contributed by atoms with Crippen molar-refractivity contribution in [2.24, 2.45) is 0 Å². The number of nitriles is 1. The van der Waals surface area contributed by atoms with Gasteiger partial charge in [0.1, 0.15) is 18.2 Å². The smallest absolute Gasteiger partial charge is 0.335 e. The summed E-state index contributed by atoms with van der Waals surface area (Å²) in [6.45, 7) is 4.04. The van der Waals surface area contributed by atoms with Gasteiger partial charge < -0.3 is 19.9 Å². The van der Waals surface area contributed by atoms with Crippen LogP contribution in [0.5, 0.6) is 11.5 Å². The predicted molar refractivity (Wildman–Crippen MR) is 137 cm³/mol. The molecule has 0 aromatic heterocycles. The summed E-state index contributed by atoms with van der Waals surface area (Å²) in [7, 11) is 0. The Morgan fingerprint density at radius 2 is 1.86 bits per heavy atom. The SMILES string of the molecule is CCOc1cc(/C=C(/C#N)C(=O)N[C@H](C)c2ccccc2)cc(Cl)c1OCc1cccc(C(=O)O)c1. The van der Waals surface area contributed by atoms with Gasteiger partial charge in [0.15, 0.2) is 11.5 Å². The molecule has 0 radical (unpaired) electrons. The molecule has 0 aliphatic heterocycles. The summed E-state index contributed by atoms with van der Waals surface area (Å²) in [6, 6.07) is 20.7. The van der Waals surface area contributed by atoms with Gasteiger partial charge in [-0.05, 0) is 60.9 Å². The average molecular weight is 505 g/mol. The van der Waals surface area contributed by atoms with Gasteiger partial charge in [0.25, 0.3) is 5.91 Å². The van der Waals surface area contributed by atoms with Crippen molar-refractivity contribution in [2.45, 2.75) is 26.5 Å². The van der Waals surface area contributed by atoms with Crippen molar-refractivity contribution in [3.63, 3.8) is 0 Å². The van der Waals surface area contributed by atoms with E-state index in [4.69, 9.17) is 21.1 Å². The number of carboxylic acid groups (broad SMARTS) is 1. The molecule has 0 aliphatic rings. The minimum absolute atomic E-state index is 0.0688. The zero-order chi connectivity index (χ0) is 26.1. The lowest BCUT2D eigenvalue weighted by atomic mass is 10.1. The zero-order valence-electron chi connectivity index (χ0n) is 19.8. The molecule has 0 spiro atoms. The lowest BCUT2D eigenvalue weighted by Gasteiger charge is -2.15. The number of hydrogen-bond donors (Lipinski definition) is 2. The van der Waals surface area contributed by atoms with E-state index in [0.29, 0.717) is 23.5 Å². The highest BCUT2D eigenvalue weighted by atomic mass is 35.5. The monoisotopic (exact) mass is 504 g/mol. The van der Waals surface area contributed by atoms with Crippen molar-refractivity contribution >= 4 is 29.6 Å². The predicted octanol–water partition coefficient (Wildman–Crippen LogP) is 5.80. The van der Waals surface area contributed by atoms with Gasteiger partial charge in [-0.1, -0.05) is 54.1 Å². The Morgan fingerprint density at radius 1 is 1.11 bits per heavy atom. The van der Waals surface area contributed by atoms with Crippen LogP contribution < -0.4 is 14.8 Å². The molecule has 0 saturated heterocycles. The Bertz CT molecular complexity index is 1320. The van der Waals surface area contributed by atoms with E-state index in [9.17, 15) is 20.0 Å². The van der Waals surface area contributed by atoms with Gasteiger partial charge in [0.2, 0.25) is 0 Å². The molecule has 0 saturated carbocycles. The molecule has 0 bridgehead atoms. The molecule has 36 heavy (non-hydrogen) atoms. The molecular weight excluding hydrogens is 480 g/mol. The molecule has 0 fully saturated rings. The van der Waals surface area contributed by atoms with Crippen molar-refractivity contribution in [1.29, 1.82) is 5.26 Å². The van der Waals surface area contributed by atoms with Crippen LogP contribution in [0.2, 0.25) is 5.02 Å². The van der Waals surface area contributed by atoms with Crippen molar-refractivity contribution < 1.29 is 24.2 Å². The van der Waals surface area contributed by atoms with Crippen molar-refractivity contribution in [2.75, 3.05) is 6.61 Å². The van der Waals surface area contributed by atoms with Crippen molar-refractivity contribution in [1.82, 2.24) is 5.32 Å². The number of amides is 1. The van der Waals surface area contributed by atoms with Crippen LogP contribution >= 0.6 is 11.6 Å². The Hall–Kier alpha value is -4.28. The Labute approximate surface area is 214 Å². The maximum absolute atomic E-state index is 12.7. The number of rotatable bonds is 10. The largest absolute Gasteiger partial charge is 0.490 e. The summed E-state index contributed by atoms with van der Waals surface area (Å²) in [4.78, 5) is 23.9. The number of benzene rings is 3. The first kappa shape index (κ1) is 26.3. The van der Waals surface area contributed by atoms with E-state index in [2.05, 4.69) is 5.32 Å². The van der Waals surface area contributed by atoms with E-state index in [1.165, 1.54) is 18.2 Å². The summed E-state index contributed by atoms with van der Waals surface area (Å²) in [6.07, 6.45) is 1.43. The molecule has 1 atom stereocenters. The van der Waals surface area contributed by atoms with E-state index in [1.807, 2.05) is 43.3 Å². The highest BCUT2D eigenvalue weighted by Gasteiger charge is 2.17. The first-order valence-corrected chi connectivity index (χ1v) is 11.6. The fourth-order valence-corrected chi connectivity index (χ4v) is 3.71. The first-order chi connectivity index (χ1) is 17.3. The average Bonchev–Trinajstić information content (AvgIpc) is 2.87. The molecule has 7 nitrogen and oxygen atoms in total. The third-order valence-electron chi connectivity index (χ3n) is 5.21. The number of carbonyl (C=O) groups is 2. The topological polar surface area (TPSA) is 109 Å². The molecule has 184 valence electrons. The van der Waals surface area contributed by atoms with Gasteiger partial charge >= 0.3 is 5.97 Å². The second-order valence-corrected chi connectivity index (χ2v) is 8.24. The Balaban J connectivity index is 1.82. The molecule has 0 aliphatic carbocycles. The van der Waals surface area contributed by atoms with Gasteiger partial charge in [0, 0.05) is 0 Å². The zero-order valence-corrected chi connectivity index (χ0v) is 20.6. The number of aromatic carboxylic acids is 1. The Morgan fingerprint density at radius 3 is 2.53 bits per heavy atom. The Kier molecular flexibility index (Phi) is 9.09. The molecule has 2 N–H and O–H groups in total. The number of nitrogens with one attached hydrogen (secondary N) is 1. The number of carbonyl (C=O) groups excluding carboxylic acids is 1. The molecule has 0 unspecified atom stereocenters. The second kappa shape index (κ2) is 12.4. The van der Waals surface area contributed by atoms with E-state index in [0.717, 1.165) is 5.56 Å². The van der Waals surface area contributed by atoms with Crippen molar-refractivity contribution in [3.05, 3.63) is 99.6 Å². The highest BCUT2D eigenvalue weighted by molar-refractivity contribution is 6.32. The summed E-state index contributed by atoms with van der Waals surface area (Å²) in [5, 5.41) is 21.8. The quantitative estimate of drug-likeness (QED) is 0.267. The molecular formula is C28H25ClN2O5. The lowest BCUT2D eigenvalue weighted by Crippen LogP contribution is -2.27. The number of halogens is 1. The fraction of sp³-hybridized carbons (Fsp3) is 0.179. The van der Waals surface area contributed by atoms with Crippen LogP contribution in [0.3, 0.4) is 0 Å². The minimum atomic E-state index is -1.03. The maximum atomic E-state index is 12.7.